The molecular weight excluding hydrogens is 306 g/mol. The molecule has 0 unspecified atom stereocenters. The second kappa shape index (κ2) is 5.75. The van der Waals surface area contributed by atoms with Crippen LogP contribution in [0.4, 0.5) is 0 Å². The molecule has 0 saturated carbocycles. The van der Waals surface area contributed by atoms with Crippen LogP contribution in [-0.4, -0.2) is 24.1 Å². The zero-order chi connectivity index (χ0) is 14.0. The predicted molar refractivity (Wildman–Crippen MR) is 80.5 cm³/mol. The van der Waals surface area contributed by atoms with Crippen molar-refractivity contribution in [1.82, 2.24) is 15.3 Å². The zero-order valence-electron chi connectivity index (χ0n) is 11.6. The van der Waals surface area contributed by atoms with Crippen molar-refractivity contribution in [3.8, 4) is 17.0 Å². The standard InChI is InChI=1S/C14H18BrN3O/c1-8-9(2)11(19-4)6-5-10(8)13-14(15)18-12(17-13)7-16-3/h5-6,16H,7H2,1-4H3,(H,17,18). The second-order valence-electron chi connectivity index (χ2n) is 4.44. The van der Waals surface area contributed by atoms with E-state index in [-0.39, 0.29) is 0 Å². The Bertz CT molecular complexity index is 593. The van der Waals surface area contributed by atoms with Gasteiger partial charge in [-0.3, -0.25) is 0 Å². The number of aromatic amines is 1. The number of hydrogen-bond acceptors (Lipinski definition) is 3. The van der Waals surface area contributed by atoms with Crippen LogP contribution in [0, 0.1) is 13.8 Å². The summed E-state index contributed by atoms with van der Waals surface area (Å²) in [5.41, 5.74) is 4.38. The summed E-state index contributed by atoms with van der Waals surface area (Å²) in [6, 6.07) is 4.03. The molecule has 0 aliphatic heterocycles. The summed E-state index contributed by atoms with van der Waals surface area (Å²) in [6.45, 7) is 4.87. The highest BCUT2D eigenvalue weighted by Crippen LogP contribution is 2.33. The number of H-pyrrole nitrogens is 1. The maximum atomic E-state index is 5.34. The fourth-order valence-electron chi connectivity index (χ4n) is 2.10. The van der Waals surface area contributed by atoms with Gasteiger partial charge in [0.25, 0.3) is 0 Å². The monoisotopic (exact) mass is 323 g/mol. The molecule has 0 aliphatic carbocycles. The molecule has 1 aromatic carbocycles. The third-order valence-corrected chi connectivity index (χ3v) is 3.84. The first-order chi connectivity index (χ1) is 9.08. The largest absolute Gasteiger partial charge is 0.496 e. The van der Waals surface area contributed by atoms with Crippen LogP contribution >= 0.6 is 15.9 Å². The van der Waals surface area contributed by atoms with Crippen molar-refractivity contribution < 1.29 is 4.74 Å². The lowest BCUT2D eigenvalue weighted by Crippen LogP contribution is -2.06. The van der Waals surface area contributed by atoms with Crippen LogP contribution in [0.5, 0.6) is 5.75 Å². The van der Waals surface area contributed by atoms with Crippen molar-refractivity contribution in [3.05, 3.63) is 33.7 Å². The zero-order valence-corrected chi connectivity index (χ0v) is 13.2. The third kappa shape index (κ3) is 2.67. The Hall–Kier alpha value is -1.33. The minimum Gasteiger partial charge on any atom is -0.496 e. The van der Waals surface area contributed by atoms with Crippen LogP contribution in [0.2, 0.25) is 0 Å². The summed E-state index contributed by atoms with van der Waals surface area (Å²) >= 11 is 3.54. The molecular formula is C14H18BrN3O. The number of imidazole rings is 1. The Balaban J connectivity index is 2.50. The van der Waals surface area contributed by atoms with Crippen LogP contribution in [0.15, 0.2) is 16.7 Å². The molecule has 1 heterocycles. The van der Waals surface area contributed by atoms with Gasteiger partial charge in [-0.05, 0) is 60.1 Å². The van der Waals surface area contributed by atoms with E-state index in [9.17, 15) is 0 Å². The number of nitrogens with zero attached hydrogens (tertiary/aromatic N) is 1. The van der Waals surface area contributed by atoms with Crippen LogP contribution in [0.1, 0.15) is 17.0 Å². The Morgan fingerprint density at radius 1 is 1.32 bits per heavy atom. The number of nitrogens with one attached hydrogen (secondary N) is 2. The lowest BCUT2D eigenvalue weighted by atomic mass is 10.0. The number of aromatic nitrogens is 2. The summed E-state index contributed by atoms with van der Waals surface area (Å²) < 4.78 is 6.25. The molecule has 0 spiro atoms. The topological polar surface area (TPSA) is 49.9 Å². The number of halogens is 1. The molecule has 0 bridgehead atoms. The molecule has 0 fully saturated rings. The molecule has 2 aromatic rings. The van der Waals surface area contributed by atoms with Gasteiger partial charge < -0.3 is 15.0 Å². The van der Waals surface area contributed by atoms with Gasteiger partial charge in [0.2, 0.25) is 0 Å². The van der Waals surface area contributed by atoms with Crippen molar-refractivity contribution in [2.45, 2.75) is 20.4 Å². The van der Waals surface area contributed by atoms with Crippen LogP contribution in [0.3, 0.4) is 0 Å². The van der Waals surface area contributed by atoms with E-state index in [2.05, 4.69) is 45.1 Å². The van der Waals surface area contributed by atoms with Gasteiger partial charge in [0.1, 0.15) is 21.9 Å². The molecule has 0 aliphatic rings. The third-order valence-electron chi connectivity index (χ3n) is 3.27. The van der Waals surface area contributed by atoms with Crippen molar-refractivity contribution in [2.24, 2.45) is 0 Å². The van der Waals surface area contributed by atoms with E-state index < -0.39 is 0 Å². The van der Waals surface area contributed by atoms with Crippen molar-refractivity contribution in [2.75, 3.05) is 14.2 Å². The Labute approximate surface area is 121 Å². The number of rotatable bonds is 4. The number of ether oxygens (including phenoxy) is 1. The highest BCUT2D eigenvalue weighted by Gasteiger charge is 2.14. The number of hydrogen-bond donors (Lipinski definition) is 2. The highest BCUT2D eigenvalue weighted by molar-refractivity contribution is 9.10. The molecule has 0 amide bonds. The smallest absolute Gasteiger partial charge is 0.122 e. The predicted octanol–water partition coefficient (Wildman–Crippen LogP) is 3.18. The fourth-order valence-corrected chi connectivity index (χ4v) is 2.63. The molecule has 2 N–H and O–H groups in total. The minimum atomic E-state index is 0.715. The molecule has 1 aromatic heterocycles. The van der Waals surface area contributed by atoms with Gasteiger partial charge in [0.05, 0.1) is 13.7 Å². The van der Waals surface area contributed by atoms with Crippen molar-refractivity contribution >= 4 is 15.9 Å². The maximum Gasteiger partial charge on any atom is 0.122 e. The first-order valence-electron chi connectivity index (χ1n) is 6.12. The van der Waals surface area contributed by atoms with Gasteiger partial charge in [0.15, 0.2) is 0 Å². The Morgan fingerprint density at radius 2 is 2.05 bits per heavy atom. The summed E-state index contributed by atoms with van der Waals surface area (Å²) in [4.78, 5) is 7.85. The van der Waals surface area contributed by atoms with Crippen LogP contribution in [-0.2, 0) is 6.54 Å². The Kier molecular flexibility index (Phi) is 4.27. The molecule has 5 heteroatoms. The molecule has 0 saturated heterocycles. The van der Waals surface area contributed by atoms with E-state index in [1.54, 1.807) is 7.11 Å². The SMILES string of the molecule is CNCc1nc(-c2ccc(OC)c(C)c2C)c(Br)[nH]1. The van der Waals surface area contributed by atoms with Gasteiger partial charge in [-0.2, -0.15) is 0 Å². The fraction of sp³-hybridized carbons (Fsp3) is 0.357. The molecule has 4 nitrogen and oxygen atoms in total. The average molecular weight is 324 g/mol. The summed E-state index contributed by atoms with van der Waals surface area (Å²) in [5.74, 6) is 1.82. The number of methoxy groups -OCH3 is 1. The summed E-state index contributed by atoms with van der Waals surface area (Å²) in [5, 5.41) is 3.09. The van der Waals surface area contributed by atoms with E-state index in [0.717, 1.165) is 33.0 Å². The first-order valence-corrected chi connectivity index (χ1v) is 6.91. The van der Waals surface area contributed by atoms with E-state index in [0.29, 0.717) is 6.54 Å². The molecule has 102 valence electrons. The summed E-state index contributed by atoms with van der Waals surface area (Å²) in [7, 11) is 3.59. The number of benzene rings is 1. The van der Waals surface area contributed by atoms with Gasteiger partial charge in [0, 0.05) is 5.56 Å². The minimum absolute atomic E-state index is 0.715. The first kappa shape index (κ1) is 14.1. The Morgan fingerprint density at radius 3 is 2.68 bits per heavy atom. The van der Waals surface area contributed by atoms with E-state index >= 15 is 0 Å². The van der Waals surface area contributed by atoms with Crippen LogP contribution in [0.25, 0.3) is 11.3 Å². The maximum absolute atomic E-state index is 5.34. The normalized spacial score (nSPS) is 10.8. The van der Waals surface area contributed by atoms with Gasteiger partial charge in [-0.1, -0.05) is 0 Å². The van der Waals surface area contributed by atoms with E-state index in [4.69, 9.17) is 4.74 Å². The second-order valence-corrected chi connectivity index (χ2v) is 5.23. The molecule has 0 radical (unpaired) electrons. The van der Waals surface area contributed by atoms with Gasteiger partial charge >= 0.3 is 0 Å². The van der Waals surface area contributed by atoms with Crippen molar-refractivity contribution in [1.29, 1.82) is 0 Å². The van der Waals surface area contributed by atoms with E-state index in [1.807, 2.05) is 19.2 Å². The molecule has 19 heavy (non-hydrogen) atoms. The van der Waals surface area contributed by atoms with Gasteiger partial charge in [-0.25, -0.2) is 4.98 Å². The molecule has 2 rings (SSSR count). The quantitative estimate of drug-likeness (QED) is 0.908. The summed E-state index contributed by atoms with van der Waals surface area (Å²) in [6.07, 6.45) is 0. The van der Waals surface area contributed by atoms with E-state index in [1.165, 1.54) is 5.56 Å². The lowest BCUT2D eigenvalue weighted by Gasteiger charge is -2.11. The lowest BCUT2D eigenvalue weighted by molar-refractivity contribution is 0.411. The van der Waals surface area contributed by atoms with Crippen molar-refractivity contribution in [3.63, 3.8) is 0 Å². The highest BCUT2D eigenvalue weighted by atomic mass is 79.9. The van der Waals surface area contributed by atoms with Gasteiger partial charge in [-0.15, -0.1) is 0 Å². The van der Waals surface area contributed by atoms with Crippen LogP contribution < -0.4 is 10.1 Å². The average Bonchev–Trinajstić information content (AvgIpc) is 2.74. The molecule has 0 atom stereocenters.